The first kappa shape index (κ1) is 9.56. The van der Waals surface area contributed by atoms with Crippen molar-refractivity contribution in [3.05, 3.63) is 29.8 Å². The lowest BCUT2D eigenvalue weighted by molar-refractivity contribution is 0.473. The molecule has 0 radical (unpaired) electrons. The minimum absolute atomic E-state index is 0.181. The highest BCUT2D eigenvalue weighted by Crippen LogP contribution is 2.22. The molecule has 3 heteroatoms. The lowest BCUT2D eigenvalue weighted by Gasteiger charge is -2.19. The lowest BCUT2D eigenvalue weighted by atomic mass is 9.90. The summed E-state index contributed by atoms with van der Waals surface area (Å²) in [5, 5.41) is 17.9. The Labute approximate surface area is 77.4 Å². The summed E-state index contributed by atoms with van der Waals surface area (Å²) >= 11 is 0. The first-order valence-corrected chi connectivity index (χ1v) is 4.12. The Balaban J connectivity index is 3.08. The van der Waals surface area contributed by atoms with Crippen LogP contribution in [0.4, 0.5) is 0 Å². The average molecular weight is 176 g/mol. The highest BCUT2D eigenvalue weighted by molar-refractivity contribution is 5.34. The van der Waals surface area contributed by atoms with Gasteiger partial charge in [-0.1, -0.05) is 19.1 Å². The van der Waals surface area contributed by atoms with Gasteiger partial charge in [0.25, 0.3) is 0 Å². The fourth-order valence-electron chi connectivity index (χ4n) is 1.11. The summed E-state index contributed by atoms with van der Waals surface area (Å²) in [5.74, 6) is 0.181. The summed E-state index contributed by atoms with van der Waals surface area (Å²) < 4.78 is 0. The molecule has 1 aromatic rings. The number of aromatic hydroxyl groups is 1. The van der Waals surface area contributed by atoms with E-state index in [1.54, 1.807) is 12.1 Å². The van der Waals surface area contributed by atoms with E-state index in [1.165, 1.54) is 12.1 Å². The zero-order valence-corrected chi connectivity index (χ0v) is 7.49. The molecule has 0 heterocycles. The summed E-state index contributed by atoms with van der Waals surface area (Å²) in [6, 6.07) is 8.46. The molecule has 0 saturated heterocycles. The van der Waals surface area contributed by atoms with Gasteiger partial charge in [0.1, 0.15) is 11.3 Å². The SMILES string of the molecule is CCC(N)(C#N)c1ccc(O)cc1. The molecule has 1 atom stereocenters. The molecule has 1 rings (SSSR count). The molecule has 3 N–H and O–H groups in total. The number of hydrogen-bond donors (Lipinski definition) is 2. The van der Waals surface area contributed by atoms with E-state index in [9.17, 15) is 0 Å². The number of hydrogen-bond acceptors (Lipinski definition) is 3. The zero-order chi connectivity index (χ0) is 9.90. The second-order valence-electron chi connectivity index (χ2n) is 2.98. The van der Waals surface area contributed by atoms with Crippen LogP contribution < -0.4 is 5.73 Å². The Hall–Kier alpha value is -1.53. The van der Waals surface area contributed by atoms with Crippen molar-refractivity contribution in [3.8, 4) is 11.8 Å². The van der Waals surface area contributed by atoms with Crippen molar-refractivity contribution >= 4 is 0 Å². The van der Waals surface area contributed by atoms with Crippen LogP contribution >= 0.6 is 0 Å². The van der Waals surface area contributed by atoms with Gasteiger partial charge in [-0.2, -0.15) is 5.26 Å². The molecule has 0 saturated carbocycles. The second kappa shape index (κ2) is 3.46. The molecular weight excluding hydrogens is 164 g/mol. The predicted molar refractivity (Wildman–Crippen MR) is 49.9 cm³/mol. The molecular formula is C10H12N2O. The summed E-state index contributed by atoms with van der Waals surface area (Å²) in [5.41, 5.74) is 5.62. The van der Waals surface area contributed by atoms with Crippen LogP contribution in [0.2, 0.25) is 0 Å². The summed E-state index contributed by atoms with van der Waals surface area (Å²) in [6.07, 6.45) is 0.550. The number of phenols is 1. The van der Waals surface area contributed by atoms with Gasteiger partial charge >= 0.3 is 0 Å². The molecule has 0 aromatic heterocycles. The third-order valence-corrected chi connectivity index (χ3v) is 2.14. The normalized spacial score (nSPS) is 14.5. The van der Waals surface area contributed by atoms with E-state index in [4.69, 9.17) is 16.1 Å². The Morgan fingerprint density at radius 2 is 2.00 bits per heavy atom. The Kier molecular flexibility index (Phi) is 2.54. The van der Waals surface area contributed by atoms with Gasteiger partial charge in [-0.05, 0) is 24.1 Å². The first-order valence-electron chi connectivity index (χ1n) is 4.12. The van der Waals surface area contributed by atoms with Crippen LogP contribution in [-0.2, 0) is 5.54 Å². The molecule has 0 fully saturated rings. The van der Waals surface area contributed by atoms with E-state index >= 15 is 0 Å². The molecule has 1 aromatic carbocycles. The van der Waals surface area contributed by atoms with E-state index in [1.807, 2.05) is 6.92 Å². The number of nitriles is 1. The van der Waals surface area contributed by atoms with Crippen molar-refractivity contribution in [2.24, 2.45) is 5.73 Å². The maximum Gasteiger partial charge on any atom is 0.129 e. The molecule has 68 valence electrons. The topological polar surface area (TPSA) is 70.0 Å². The molecule has 3 nitrogen and oxygen atoms in total. The fourth-order valence-corrected chi connectivity index (χ4v) is 1.11. The molecule has 0 spiro atoms. The smallest absolute Gasteiger partial charge is 0.129 e. The van der Waals surface area contributed by atoms with Crippen LogP contribution in [0.15, 0.2) is 24.3 Å². The Bertz CT molecular complexity index is 326. The molecule has 0 aliphatic heterocycles. The van der Waals surface area contributed by atoms with Gasteiger partial charge in [0.15, 0.2) is 0 Å². The van der Waals surface area contributed by atoms with Crippen LogP contribution in [-0.4, -0.2) is 5.11 Å². The third kappa shape index (κ3) is 1.79. The molecule has 0 aliphatic rings. The predicted octanol–water partition coefficient (Wildman–Crippen LogP) is 1.48. The minimum atomic E-state index is -0.937. The molecule has 0 amide bonds. The molecule has 0 bridgehead atoms. The zero-order valence-electron chi connectivity index (χ0n) is 7.49. The quantitative estimate of drug-likeness (QED) is 0.717. The largest absolute Gasteiger partial charge is 0.508 e. The molecule has 0 aliphatic carbocycles. The lowest BCUT2D eigenvalue weighted by Crippen LogP contribution is -2.33. The molecule has 1 unspecified atom stereocenters. The second-order valence-corrected chi connectivity index (χ2v) is 2.98. The average Bonchev–Trinajstić information content (AvgIpc) is 2.18. The van der Waals surface area contributed by atoms with E-state index in [-0.39, 0.29) is 5.75 Å². The van der Waals surface area contributed by atoms with Gasteiger partial charge in [-0.3, -0.25) is 0 Å². The summed E-state index contributed by atoms with van der Waals surface area (Å²) in [7, 11) is 0. The maximum atomic E-state index is 9.04. The third-order valence-electron chi connectivity index (χ3n) is 2.14. The van der Waals surface area contributed by atoms with Crippen molar-refractivity contribution in [2.45, 2.75) is 18.9 Å². The summed E-state index contributed by atoms with van der Waals surface area (Å²) in [6.45, 7) is 1.86. The number of benzene rings is 1. The van der Waals surface area contributed by atoms with Crippen molar-refractivity contribution in [3.63, 3.8) is 0 Å². The van der Waals surface area contributed by atoms with Crippen LogP contribution in [0, 0.1) is 11.3 Å². The molecule has 13 heavy (non-hydrogen) atoms. The van der Waals surface area contributed by atoms with E-state index < -0.39 is 5.54 Å². The minimum Gasteiger partial charge on any atom is -0.508 e. The van der Waals surface area contributed by atoms with Crippen LogP contribution in [0.3, 0.4) is 0 Å². The van der Waals surface area contributed by atoms with Crippen LogP contribution in [0.5, 0.6) is 5.75 Å². The monoisotopic (exact) mass is 176 g/mol. The van der Waals surface area contributed by atoms with Gasteiger partial charge < -0.3 is 10.8 Å². The van der Waals surface area contributed by atoms with E-state index in [0.717, 1.165) is 5.56 Å². The van der Waals surface area contributed by atoms with Crippen molar-refractivity contribution in [2.75, 3.05) is 0 Å². The van der Waals surface area contributed by atoms with Gasteiger partial charge in [0, 0.05) is 0 Å². The van der Waals surface area contributed by atoms with Gasteiger partial charge in [0.2, 0.25) is 0 Å². The standard InChI is InChI=1S/C10H12N2O/c1-2-10(12,7-11)8-3-5-9(13)6-4-8/h3-6,13H,2,12H2,1H3. The van der Waals surface area contributed by atoms with Crippen LogP contribution in [0.1, 0.15) is 18.9 Å². The van der Waals surface area contributed by atoms with E-state index in [2.05, 4.69) is 6.07 Å². The van der Waals surface area contributed by atoms with Gasteiger partial charge in [-0.25, -0.2) is 0 Å². The number of phenolic OH excluding ortho intramolecular Hbond substituents is 1. The van der Waals surface area contributed by atoms with Gasteiger partial charge in [-0.15, -0.1) is 0 Å². The Morgan fingerprint density at radius 1 is 1.46 bits per heavy atom. The highest BCUT2D eigenvalue weighted by atomic mass is 16.3. The first-order chi connectivity index (χ1) is 6.12. The maximum absolute atomic E-state index is 9.04. The van der Waals surface area contributed by atoms with Crippen molar-refractivity contribution in [1.82, 2.24) is 0 Å². The Morgan fingerprint density at radius 3 is 2.38 bits per heavy atom. The number of nitrogens with zero attached hydrogens (tertiary/aromatic N) is 1. The summed E-state index contributed by atoms with van der Waals surface area (Å²) in [4.78, 5) is 0. The highest BCUT2D eigenvalue weighted by Gasteiger charge is 2.24. The van der Waals surface area contributed by atoms with Crippen molar-refractivity contribution < 1.29 is 5.11 Å². The van der Waals surface area contributed by atoms with Gasteiger partial charge in [0.05, 0.1) is 6.07 Å². The fraction of sp³-hybridized carbons (Fsp3) is 0.300. The van der Waals surface area contributed by atoms with Crippen LogP contribution in [0.25, 0.3) is 0 Å². The van der Waals surface area contributed by atoms with Crippen molar-refractivity contribution in [1.29, 1.82) is 5.26 Å². The number of rotatable bonds is 2. The number of nitrogens with two attached hydrogens (primary N) is 1. The van der Waals surface area contributed by atoms with E-state index in [0.29, 0.717) is 6.42 Å².